The third-order valence-corrected chi connectivity index (χ3v) is 4.63. The summed E-state index contributed by atoms with van der Waals surface area (Å²) in [6.45, 7) is 2.40. The molecule has 1 aliphatic heterocycles. The number of anilines is 1. The molecular weight excluding hydrogens is 368 g/mol. The molecule has 1 saturated heterocycles. The molecule has 28 heavy (non-hydrogen) atoms. The third-order valence-electron chi connectivity index (χ3n) is 4.63. The summed E-state index contributed by atoms with van der Waals surface area (Å²) in [5, 5.41) is 2.79. The molecule has 2 aromatic rings. The van der Waals surface area contributed by atoms with E-state index in [2.05, 4.69) is 10.3 Å². The molecule has 1 aromatic carbocycles. The number of nitrogens with zero attached hydrogens (tertiary/aromatic N) is 2. The Kier molecular flexibility index (Phi) is 6.18. The number of nitrogens with one attached hydrogen (secondary N) is 1. The molecule has 2 heterocycles. The second-order valence-electron chi connectivity index (χ2n) is 6.73. The van der Waals surface area contributed by atoms with E-state index in [1.54, 1.807) is 17.2 Å². The summed E-state index contributed by atoms with van der Waals surface area (Å²) < 4.78 is 31.6. The zero-order valence-electron chi connectivity index (χ0n) is 15.5. The van der Waals surface area contributed by atoms with E-state index in [1.807, 2.05) is 13.0 Å². The van der Waals surface area contributed by atoms with E-state index in [-0.39, 0.29) is 30.1 Å². The number of hydrogen-bond acceptors (Lipinski definition) is 4. The SMILES string of the molecule is Cc1ccc(NC(=O)C2CCN(C(=O)COc3ccc(F)cc3F)CC2)nc1. The highest BCUT2D eigenvalue weighted by Gasteiger charge is 2.27. The van der Waals surface area contributed by atoms with Crippen LogP contribution < -0.4 is 10.1 Å². The number of carbonyl (C=O) groups is 2. The van der Waals surface area contributed by atoms with Gasteiger partial charge in [0.2, 0.25) is 5.91 Å². The Bertz CT molecular complexity index is 850. The molecule has 0 saturated carbocycles. The van der Waals surface area contributed by atoms with Crippen molar-refractivity contribution in [2.24, 2.45) is 5.92 Å². The molecule has 1 aliphatic rings. The first-order valence-electron chi connectivity index (χ1n) is 9.01. The van der Waals surface area contributed by atoms with Crippen LogP contribution in [0.15, 0.2) is 36.5 Å². The van der Waals surface area contributed by atoms with Crippen LogP contribution >= 0.6 is 0 Å². The molecule has 0 atom stereocenters. The lowest BCUT2D eigenvalue weighted by Crippen LogP contribution is -2.43. The van der Waals surface area contributed by atoms with Crippen LogP contribution in [0.4, 0.5) is 14.6 Å². The van der Waals surface area contributed by atoms with Gasteiger partial charge in [0, 0.05) is 31.3 Å². The fourth-order valence-corrected chi connectivity index (χ4v) is 2.98. The van der Waals surface area contributed by atoms with E-state index in [9.17, 15) is 18.4 Å². The van der Waals surface area contributed by atoms with Gasteiger partial charge in [0.15, 0.2) is 18.2 Å². The summed E-state index contributed by atoms with van der Waals surface area (Å²) in [6, 6.07) is 6.53. The van der Waals surface area contributed by atoms with Crippen LogP contribution in [0.3, 0.4) is 0 Å². The van der Waals surface area contributed by atoms with Gasteiger partial charge in [0.05, 0.1) is 0 Å². The van der Waals surface area contributed by atoms with E-state index in [0.717, 1.165) is 17.7 Å². The van der Waals surface area contributed by atoms with Gasteiger partial charge in [-0.15, -0.1) is 0 Å². The number of ether oxygens (including phenoxy) is 1. The highest BCUT2D eigenvalue weighted by atomic mass is 19.1. The van der Waals surface area contributed by atoms with Crippen molar-refractivity contribution in [3.05, 3.63) is 53.7 Å². The molecule has 0 aliphatic carbocycles. The molecule has 148 valence electrons. The Hall–Kier alpha value is -3.03. The standard InChI is InChI=1S/C20H21F2N3O3/c1-13-2-5-18(23-11-13)24-20(27)14-6-8-25(9-7-14)19(26)12-28-17-4-3-15(21)10-16(17)22/h2-5,10-11,14H,6-9,12H2,1H3,(H,23,24,27). The zero-order chi connectivity index (χ0) is 20.1. The first kappa shape index (κ1) is 19.7. The van der Waals surface area contributed by atoms with Crippen LogP contribution in [0.2, 0.25) is 0 Å². The maximum absolute atomic E-state index is 13.5. The lowest BCUT2D eigenvalue weighted by Gasteiger charge is -2.31. The summed E-state index contributed by atoms with van der Waals surface area (Å²) >= 11 is 0. The Balaban J connectivity index is 1.45. The van der Waals surface area contributed by atoms with E-state index >= 15 is 0 Å². The Morgan fingerprint density at radius 1 is 1.21 bits per heavy atom. The molecule has 6 nitrogen and oxygen atoms in total. The number of carbonyl (C=O) groups excluding carboxylic acids is 2. The van der Waals surface area contributed by atoms with Crippen molar-refractivity contribution < 1.29 is 23.1 Å². The fourth-order valence-electron chi connectivity index (χ4n) is 2.98. The van der Waals surface area contributed by atoms with Crippen molar-refractivity contribution in [1.82, 2.24) is 9.88 Å². The van der Waals surface area contributed by atoms with Crippen LogP contribution in [-0.4, -0.2) is 41.4 Å². The quantitative estimate of drug-likeness (QED) is 0.854. The Labute approximate surface area is 161 Å². The predicted molar refractivity (Wildman–Crippen MR) is 98.8 cm³/mol. The molecule has 0 unspecified atom stereocenters. The average molecular weight is 389 g/mol. The van der Waals surface area contributed by atoms with Gasteiger partial charge in [0.1, 0.15) is 11.6 Å². The monoisotopic (exact) mass is 389 g/mol. The predicted octanol–water partition coefficient (Wildman–Crippen LogP) is 2.92. The number of aryl methyl sites for hydroxylation is 1. The van der Waals surface area contributed by atoms with Crippen LogP contribution in [0.5, 0.6) is 5.75 Å². The van der Waals surface area contributed by atoms with Crippen molar-refractivity contribution in [2.45, 2.75) is 19.8 Å². The van der Waals surface area contributed by atoms with Gasteiger partial charge in [0.25, 0.3) is 5.91 Å². The summed E-state index contributed by atoms with van der Waals surface area (Å²) in [5.41, 5.74) is 1.01. The minimum Gasteiger partial charge on any atom is -0.481 e. The normalized spacial score (nSPS) is 14.6. The molecule has 3 rings (SSSR count). The van der Waals surface area contributed by atoms with E-state index < -0.39 is 11.6 Å². The number of rotatable bonds is 5. The van der Waals surface area contributed by atoms with E-state index in [1.165, 1.54) is 0 Å². The second-order valence-corrected chi connectivity index (χ2v) is 6.73. The first-order chi connectivity index (χ1) is 13.4. The van der Waals surface area contributed by atoms with Crippen molar-refractivity contribution in [1.29, 1.82) is 0 Å². The van der Waals surface area contributed by atoms with Gasteiger partial charge in [-0.05, 0) is 43.5 Å². The number of benzene rings is 1. The molecule has 1 fully saturated rings. The number of likely N-dealkylation sites (tertiary alicyclic amines) is 1. The van der Waals surface area contributed by atoms with Crippen molar-refractivity contribution in [2.75, 3.05) is 25.0 Å². The number of amides is 2. The van der Waals surface area contributed by atoms with E-state index in [0.29, 0.717) is 37.8 Å². The van der Waals surface area contributed by atoms with Crippen LogP contribution in [0.25, 0.3) is 0 Å². The van der Waals surface area contributed by atoms with Crippen LogP contribution in [0, 0.1) is 24.5 Å². The highest BCUT2D eigenvalue weighted by Crippen LogP contribution is 2.21. The first-order valence-corrected chi connectivity index (χ1v) is 9.01. The lowest BCUT2D eigenvalue weighted by molar-refractivity contribution is -0.136. The third kappa shape index (κ3) is 5.03. The van der Waals surface area contributed by atoms with E-state index in [4.69, 9.17) is 4.74 Å². The van der Waals surface area contributed by atoms with Gasteiger partial charge in [-0.3, -0.25) is 9.59 Å². The van der Waals surface area contributed by atoms with Crippen LogP contribution in [-0.2, 0) is 9.59 Å². The number of halogens is 2. The molecule has 0 radical (unpaired) electrons. The molecular formula is C20H21F2N3O3. The van der Waals surface area contributed by atoms with Gasteiger partial charge in [-0.25, -0.2) is 13.8 Å². The Morgan fingerprint density at radius 2 is 1.96 bits per heavy atom. The summed E-state index contributed by atoms with van der Waals surface area (Å²) in [4.78, 5) is 30.3. The van der Waals surface area contributed by atoms with Gasteiger partial charge in [-0.2, -0.15) is 0 Å². The lowest BCUT2D eigenvalue weighted by atomic mass is 9.96. The maximum Gasteiger partial charge on any atom is 0.260 e. The minimum absolute atomic E-state index is 0.118. The van der Waals surface area contributed by atoms with Crippen molar-refractivity contribution in [3.8, 4) is 5.75 Å². The number of pyridine rings is 1. The smallest absolute Gasteiger partial charge is 0.260 e. The van der Waals surface area contributed by atoms with Crippen molar-refractivity contribution in [3.63, 3.8) is 0 Å². The summed E-state index contributed by atoms with van der Waals surface area (Å²) in [6.07, 6.45) is 2.73. The van der Waals surface area contributed by atoms with Gasteiger partial charge < -0.3 is 15.0 Å². The molecule has 0 bridgehead atoms. The average Bonchev–Trinajstić information content (AvgIpc) is 2.69. The summed E-state index contributed by atoms with van der Waals surface area (Å²) in [5.74, 6) is -1.86. The largest absolute Gasteiger partial charge is 0.481 e. The molecule has 1 N–H and O–H groups in total. The molecule has 0 spiro atoms. The topological polar surface area (TPSA) is 71.5 Å². The molecule has 2 amide bonds. The second kappa shape index (κ2) is 8.77. The summed E-state index contributed by atoms with van der Waals surface area (Å²) in [7, 11) is 0. The molecule has 1 aromatic heterocycles. The minimum atomic E-state index is -0.854. The number of aromatic nitrogens is 1. The highest BCUT2D eigenvalue weighted by molar-refractivity contribution is 5.91. The van der Waals surface area contributed by atoms with Crippen LogP contribution in [0.1, 0.15) is 18.4 Å². The van der Waals surface area contributed by atoms with Crippen molar-refractivity contribution >= 4 is 17.6 Å². The number of hydrogen-bond donors (Lipinski definition) is 1. The zero-order valence-corrected chi connectivity index (χ0v) is 15.5. The van der Waals surface area contributed by atoms with Gasteiger partial charge in [-0.1, -0.05) is 6.07 Å². The number of piperidine rings is 1. The molecule has 8 heteroatoms. The fraction of sp³-hybridized carbons (Fsp3) is 0.350. The van der Waals surface area contributed by atoms with Gasteiger partial charge >= 0.3 is 0 Å². The maximum atomic E-state index is 13.5. The Morgan fingerprint density at radius 3 is 2.61 bits per heavy atom.